The minimum absolute atomic E-state index is 0.511. The van der Waals surface area contributed by atoms with Crippen molar-refractivity contribution in [3.8, 4) is 44.5 Å². The van der Waals surface area contributed by atoms with Gasteiger partial charge in [-0.15, -0.1) is 0 Å². The molecule has 0 spiro atoms. The van der Waals surface area contributed by atoms with Gasteiger partial charge in [0.2, 0.25) is 0 Å². The van der Waals surface area contributed by atoms with Gasteiger partial charge in [0.15, 0.2) is 0 Å². The summed E-state index contributed by atoms with van der Waals surface area (Å²) < 4.78 is 6.85. The van der Waals surface area contributed by atoms with Crippen molar-refractivity contribution in [1.82, 2.24) is 0 Å². The molecule has 1 aliphatic carbocycles. The molecular weight excluding hydrogens is 763 g/mol. The van der Waals surface area contributed by atoms with Gasteiger partial charge in [-0.1, -0.05) is 218 Å². The van der Waals surface area contributed by atoms with Crippen molar-refractivity contribution in [3.63, 3.8) is 0 Å². The highest BCUT2D eigenvalue weighted by atomic mass is 16.3. The monoisotopic (exact) mass is 803 g/mol. The van der Waals surface area contributed by atoms with Crippen LogP contribution >= 0.6 is 0 Å². The average Bonchev–Trinajstić information content (AvgIpc) is 3.90. The fourth-order valence-electron chi connectivity index (χ4n) is 10.2. The number of fused-ring (bicyclic) bond motifs is 6. The third kappa shape index (κ3) is 5.87. The lowest BCUT2D eigenvalue weighted by molar-refractivity contribution is 0.671. The Labute approximate surface area is 367 Å². The summed E-state index contributed by atoms with van der Waals surface area (Å²) in [4.78, 5) is 2.44. The summed E-state index contributed by atoms with van der Waals surface area (Å²) >= 11 is 0. The van der Waals surface area contributed by atoms with Gasteiger partial charge in [0.1, 0.15) is 11.2 Å². The van der Waals surface area contributed by atoms with E-state index in [1.54, 1.807) is 0 Å². The van der Waals surface area contributed by atoms with Crippen LogP contribution in [0.25, 0.3) is 66.4 Å². The maximum atomic E-state index is 6.85. The summed E-state index contributed by atoms with van der Waals surface area (Å²) in [7, 11) is 0. The van der Waals surface area contributed by atoms with Crippen LogP contribution in [0.3, 0.4) is 0 Å². The van der Waals surface area contributed by atoms with E-state index in [1.807, 2.05) is 0 Å². The molecule has 0 fully saturated rings. The van der Waals surface area contributed by atoms with E-state index in [4.69, 9.17) is 4.42 Å². The van der Waals surface area contributed by atoms with Crippen LogP contribution in [-0.2, 0) is 5.41 Å². The van der Waals surface area contributed by atoms with Crippen LogP contribution in [0.5, 0.6) is 0 Å². The Morgan fingerprint density at radius 1 is 0.302 bits per heavy atom. The maximum Gasteiger partial charge on any atom is 0.143 e. The minimum atomic E-state index is -0.511. The van der Waals surface area contributed by atoms with Crippen molar-refractivity contribution < 1.29 is 4.42 Å². The fraction of sp³-hybridized carbons (Fsp3) is 0.0164. The van der Waals surface area contributed by atoms with Gasteiger partial charge in [-0.3, -0.25) is 0 Å². The Morgan fingerprint density at radius 3 is 1.29 bits per heavy atom. The molecule has 296 valence electrons. The topological polar surface area (TPSA) is 16.4 Å². The van der Waals surface area contributed by atoms with Gasteiger partial charge in [-0.25, -0.2) is 0 Å². The van der Waals surface area contributed by atoms with E-state index >= 15 is 0 Å². The van der Waals surface area contributed by atoms with Gasteiger partial charge < -0.3 is 9.32 Å². The Bertz CT molecular complexity index is 3370. The second-order valence-electron chi connectivity index (χ2n) is 16.4. The molecule has 0 unspecified atom stereocenters. The van der Waals surface area contributed by atoms with Crippen molar-refractivity contribution in [2.75, 3.05) is 4.90 Å². The summed E-state index contributed by atoms with van der Waals surface area (Å²) in [5.41, 5.74) is 18.9. The third-order valence-electron chi connectivity index (χ3n) is 13.0. The molecule has 0 saturated carbocycles. The zero-order valence-corrected chi connectivity index (χ0v) is 34.5. The highest BCUT2D eigenvalue weighted by Gasteiger charge is 2.47. The number of para-hydroxylation sites is 2. The van der Waals surface area contributed by atoms with Crippen molar-refractivity contribution in [1.29, 1.82) is 0 Å². The van der Waals surface area contributed by atoms with E-state index < -0.39 is 5.41 Å². The molecule has 0 N–H and O–H groups in total. The summed E-state index contributed by atoms with van der Waals surface area (Å²) in [6.45, 7) is 0. The molecule has 0 atom stereocenters. The zero-order valence-electron chi connectivity index (χ0n) is 34.5. The lowest BCUT2D eigenvalue weighted by atomic mass is 9.68. The number of benzene rings is 10. The molecule has 0 saturated heterocycles. The molecule has 0 radical (unpaired) electrons. The van der Waals surface area contributed by atoms with Crippen LogP contribution in [0.2, 0.25) is 0 Å². The third-order valence-corrected chi connectivity index (χ3v) is 13.0. The Hall–Kier alpha value is -8.20. The number of nitrogens with zero attached hydrogens (tertiary/aromatic N) is 1. The molecule has 2 heteroatoms. The molecule has 0 aliphatic heterocycles. The van der Waals surface area contributed by atoms with Gasteiger partial charge in [-0.05, 0) is 80.4 Å². The first-order chi connectivity index (χ1) is 31.3. The van der Waals surface area contributed by atoms with E-state index in [9.17, 15) is 0 Å². The van der Waals surface area contributed by atoms with Gasteiger partial charge in [0.25, 0.3) is 0 Å². The summed E-state index contributed by atoms with van der Waals surface area (Å²) in [5, 5.41) is 2.23. The quantitative estimate of drug-likeness (QED) is 0.152. The van der Waals surface area contributed by atoms with E-state index in [0.29, 0.717) is 0 Å². The Morgan fingerprint density at radius 2 is 0.714 bits per heavy atom. The summed E-state index contributed by atoms with van der Waals surface area (Å²) in [5.74, 6) is 0. The summed E-state index contributed by atoms with van der Waals surface area (Å²) in [6.07, 6.45) is 0. The van der Waals surface area contributed by atoms with E-state index in [1.165, 1.54) is 44.5 Å². The second-order valence-corrected chi connectivity index (χ2v) is 16.4. The van der Waals surface area contributed by atoms with Crippen LogP contribution in [0.1, 0.15) is 22.3 Å². The van der Waals surface area contributed by atoms with Crippen LogP contribution in [0.4, 0.5) is 17.1 Å². The lowest BCUT2D eigenvalue weighted by Gasteiger charge is -2.34. The fourth-order valence-corrected chi connectivity index (χ4v) is 10.2. The molecule has 0 amide bonds. The highest BCUT2D eigenvalue weighted by Crippen LogP contribution is 2.59. The highest BCUT2D eigenvalue weighted by molar-refractivity contribution is 6.13. The predicted molar refractivity (Wildman–Crippen MR) is 262 cm³/mol. The lowest BCUT2D eigenvalue weighted by Crippen LogP contribution is -2.28. The average molecular weight is 804 g/mol. The van der Waals surface area contributed by atoms with Gasteiger partial charge in [-0.2, -0.15) is 0 Å². The molecule has 2 nitrogen and oxygen atoms in total. The van der Waals surface area contributed by atoms with Crippen molar-refractivity contribution in [3.05, 3.63) is 271 Å². The molecule has 10 aromatic carbocycles. The number of furan rings is 1. The van der Waals surface area contributed by atoms with Gasteiger partial charge in [0.05, 0.1) is 11.1 Å². The molecule has 12 rings (SSSR count). The first kappa shape index (κ1) is 36.6. The largest absolute Gasteiger partial charge is 0.455 e. The van der Waals surface area contributed by atoms with E-state index in [-0.39, 0.29) is 0 Å². The molecule has 1 aliphatic rings. The molecule has 0 bridgehead atoms. The standard InChI is InChI=1S/C61H41NO/c1-5-18-42(19-6-1)43-34-38-48(39-35-43)62(49-40-36-45(37-41-49)51-28-16-30-53-52-29-15-27-50(59(52)63-60(51)53)44-20-7-2-8-21-44)57-33-17-32-56-58(57)54-26-13-14-31-55(54)61(56,46-22-9-3-10-23-46)47-24-11-4-12-25-47/h1-41H. The molecule has 1 heterocycles. The van der Waals surface area contributed by atoms with Crippen LogP contribution in [-0.4, -0.2) is 0 Å². The molecule has 63 heavy (non-hydrogen) atoms. The predicted octanol–water partition coefficient (Wildman–Crippen LogP) is 16.4. The van der Waals surface area contributed by atoms with E-state index in [2.05, 4.69) is 254 Å². The number of hydrogen-bond donors (Lipinski definition) is 0. The smallest absolute Gasteiger partial charge is 0.143 e. The SMILES string of the molecule is c1ccc(-c2ccc(N(c3ccc(-c4cccc5c4oc4c(-c6ccccc6)cccc45)cc3)c3cccc4c3-c3ccccc3C4(c3ccccc3)c3ccccc3)cc2)cc1. The Balaban J connectivity index is 1.05. The first-order valence-corrected chi connectivity index (χ1v) is 21.7. The molecule has 1 aromatic heterocycles. The maximum absolute atomic E-state index is 6.85. The normalized spacial score (nSPS) is 12.6. The van der Waals surface area contributed by atoms with Crippen LogP contribution < -0.4 is 4.90 Å². The van der Waals surface area contributed by atoms with Gasteiger partial charge in [0, 0.05) is 38.8 Å². The number of hydrogen-bond acceptors (Lipinski definition) is 2. The molecule has 11 aromatic rings. The number of rotatable bonds is 8. The first-order valence-electron chi connectivity index (χ1n) is 21.7. The van der Waals surface area contributed by atoms with Gasteiger partial charge >= 0.3 is 0 Å². The molecular formula is C61H41NO. The van der Waals surface area contributed by atoms with E-state index in [0.717, 1.165) is 61.3 Å². The summed E-state index contributed by atoms with van der Waals surface area (Å²) in [6, 6.07) is 90.0. The minimum Gasteiger partial charge on any atom is -0.455 e. The number of anilines is 3. The van der Waals surface area contributed by atoms with Crippen LogP contribution in [0.15, 0.2) is 253 Å². The van der Waals surface area contributed by atoms with Crippen molar-refractivity contribution >= 4 is 39.0 Å². The Kier molecular flexibility index (Phi) is 8.76. The zero-order chi connectivity index (χ0) is 41.7. The second kappa shape index (κ2) is 15.1. The van der Waals surface area contributed by atoms with Crippen molar-refractivity contribution in [2.45, 2.75) is 5.41 Å². The van der Waals surface area contributed by atoms with Crippen LogP contribution in [0, 0.1) is 0 Å². The van der Waals surface area contributed by atoms with Crippen molar-refractivity contribution in [2.24, 2.45) is 0 Å².